The molecule has 0 radical (unpaired) electrons. The van der Waals surface area contributed by atoms with Crippen LogP contribution in [0.3, 0.4) is 0 Å². The predicted molar refractivity (Wildman–Crippen MR) is 129 cm³/mol. The summed E-state index contributed by atoms with van der Waals surface area (Å²) in [6, 6.07) is 13.8. The molecule has 2 aromatic carbocycles. The molecular formula is C25H30N2O3S. The molecule has 1 heterocycles. The number of para-hydroxylation sites is 1. The van der Waals surface area contributed by atoms with Crippen LogP contribution in [0.4, 0.5) is 5.69 Å². The Labute approximate surface area is 189 Å². The van der Waals surface area contributed by atoms with Gasteiger partial charge < -0.3 is 9.47 Å². The van der Waals surface area contributed by atoms with E-state index in [1.165, 1.54) is 17.3 Å². The molecule has 31 heavy (non-hydrogen) atoms. The topological polar surface area (TPSA) is 51.1 Å². The minimum Gasteiger partial charge on any atom is -0.493 e. The van der Waals surface area contributed by atoms with Crippen LogP contribution in [-0.2, 0) is 4.79 Å². The number of aryl methyl sites for hydroxylation is 1. The van der Waals surface area contributed by atoms with E-state index in [4.69, 9.17) is 14.5 Å². The number of hydrogen-bond donors (Lipinski definition) is 0. The van der Waals surface area contributed by atoms with E-state index in [-0.39, 0.29) is 11.9 Å². The summed E-state index contributed by atoms with van der Waals surface area (Å²) in [6.07, 6.45) is 3.61. The average molecular weight is 439 g/mol. The maximum atomic E-state index is 13.3. The fraction of sp³-hybridized carbons (Fsp3) is 0.360. The Morgan fingerprint density at radius 3 is 2.55 bits per heavy atom. The molecule has 1 aliphatic heterocycles. The molecule has 1 amide bonds. The number of aliphatic imine (C=N–C) groups is 1. The fourth-order valence-electron chi connectivity index (χ4n) is 3.17. The van der Waals surface area contributed by atoms with Gasteiger partial charge in [-0.05, 0) is 62.7 Å². The van der Waals surface area contributed by atoms with Gasteiger partial charge in [-0.2, -0.15) is 0 Å². The van der Waals surface area contributed by atoms with Crippen molar-refractivity contribution in [3.05, 3.63) is 58.5 Å². The molecule has 3 rings (SSSR count). The van der Waals surface area contributed by atoms with Gasteiger partial charge in [0.1, 0.15) is 0 Å². The number of ether oxygens (including phenoxy) is 2. The smallest absolute Gasteiger partial charge is 0.267 e. The Hall–Kier alpha value is -2.73. The summed E-state index contributed by atoms with van der Waals surface area (Å²) in [5.74, 6) is 1.28. The zero-order valence-corrected chi connectivity index (χ0v) is 19.7. The van der Waals surface area contributed by atoms with Crippen LogP contribution in [0.25, 0.3) is 6.08 Å². The minimum atomic E-state index is -0.0329. The summed E-state index contributed by atoms with van der Waals surface area (Å²) in [5.41, 5.74) is 2.84. The molecule has 0 aromatic heterocycles. The monoisotopic (exact) mass is 438 g/mol. The van der Waals surface area contributed by atoms with Crippen LogP contribution in [0, 0.1) is 6.92 Å². The number of thioether (sulfide) groups is 1. The Morgan fingerprint density at radius 2 is 1.90 bits per heavy atom. The number of carbonyl (C=O) groups excluding carboxylic acids is 1. The van der Waals surface area contributed by atoms with E-state index in [1.807, 2.05) is 62.4 Å². The second-order valence-electron chi connectivity index (χ2n) is 7.50. The lowest BCUT2D eigenvalue weighted by atomic mass is 10.1. The van der Waals surface area contributed by atoms with Crippen molar-refractivity contribution in [2.75, 3.05) is 13.7 Å². The van der Waals surface area contributed by atoms with Gasteiger partial charge in [0.15, 0.2) is 16.7 Å². The minimum absolute atomic E-state index is 0.0329. The summed E-state index contributed by atoms with van der Waals surface area (Å²) in [4.78, 5) is 20.5. The van der Waals surface area contributed by atoms with Gasteiger partial charge in [0.05, 0.1) is 24.3 Å². The third-order valence-corrected chi connectivity index (χ3v) is 6.08. The van der Waals surface area contributed by atoms with Crippen LogP contribution < -0.4 is 9.47 Å². The standard InChI is InChI=1S/C25H30N2O3S/c1-6-15-30-23-19(9-8-10-21(23)29-5)16-22-24(28)27(18(4)7-2)25(31-22)26-20-13-11-17(3)12-14-20/h8-14,16,18H,6-7,15H2,1-5H3/b22-16+,26-25?/t18-/m1/s1. The highest BCUT2D eigenvalue weighted by atomic mass is 32.2. The van der Waals surface area contributed by atoms with Crippen LogP contribution in [0.2, 0.25) is 0 Å². The third kappa shape index (κ3) is 5.31. The molecule has 1 aliphatic rings. The number of hydrogen-bond acceptors (Lipinski definition) is 5. The lowest BCUT2D eigenvalue weighted by molar-refractivity contribution is -0.123. The van der Waals surface area contributed by atoms with Gasteiger partial charge in [-0.3, -0.25) is 9.69 Å². The first-order chi connectivity index (χ1) is 15.0. The summed E-state index contributed by atoms with van der Waals surface area (Å²) in [5, 5.41) is 0.702. The predicted octanol–water partition coefficient (Wildman–Crippen LogP) is 6.19. The van der Waals surface area contributed by atoms with Gasteiger partial charge in [-0.1, -0.05) is 43.7 Å². The van der Waals surface area contributed by atoms with E-state index in [9.17, 15) is 4.79 Å². The van der Waals surface area contributed by atoms with Gasteiger partial charge in [-0.25, -0.2) is 4.99 Å². The number of amidine groups is 1. The molecule has 0 N–H and O–H groups in total. The second-order valence-corrected chi connectivity index (χ2v) is 8.51. The number of carbonyl (C=O) groups is 1. The zero-order valence-electron chi connectivity index (χ0n) is 18.8. The molecular weight excluding hydrogens is 408 g/mol. The van der Waals surface area contributed by atoms with Crippen molar-refractivity contribution in [2.45, 2.75) is 46.6 Å². The van der Waals surface area contributed by atoms with E-state index in [1.54, 1.807) is 12.0 Å². The van der Waals surface area contributed by atoms with Crippen LogP contribution in [0.15, 0.2) is 52.4 Å². The first-order valence-electron chi connectivity index (χ1n) is 10.7. The van der Waals surface area contributed by atoms with Crippen LogP contribution in [0.5, 0.6) is 11.5 Å². The molecule has 0 spiro atoms. The van der Waals surface area contributed by atoms with E-state index >= 15 is 0 Å². The van der Waals surface area contributed by atoms with Crippen LogP contribution in [-0.4, -0.2) is 35.7 Å². The maximum absolute atomic E-state index is 13.3. The maximum Gasteiger partial charge on any atom is 0.267 e. The highest BCUT2D eigenvalue weighted by molar-refractivity contribution is 8.18. The number of rotatable bonds is 8. The molecule has 5 nitrogen and oxygen atoms in total. The normalized spacial score (nSPS) is 17.5. The summed E-state index contributed by atoms with van der Waals surface area (Å²) < 4.78 is 11.4. The molecule has 164 valence electrons. The molecule has 0 aliphatic carbocycles. The number of benzene rings is 2. The SMILES string of the molecule is CCCOc1c(/C=C2/SC(=Nc3ccc(C)cc3)N([C@H](C)CC)C2=O)cccc1OC. The van der Waals surface area contributed by atoms with E-state index in [0.29, 0.717) is 28.2 Å². The van der Waals surface area contributed by atoms with E-state index < -0.39 is 0 Å². The first-order valence-corrected chi connectivity index (χ1v) is 11.5. The quantitative estimate of drug-likeness (QED) is 0.461. The molecule has 0 unspecified atom stereocenters. The molecule has 6 heteroatoms. The third-order valence-electron chi connectivity index (χ3n) is 5.09. The van der Waals surface area contributed by atoms with Crippen molar-refractivity contribution in [1.82, 2.24) is 4.90 Å². The molecule has 1 saturated heterocycles. The molecule has 1 fully saturated rings. The van der Waals surface area contributed by atoms with Gasteiger partial charge in [0.25, 0.3) is 5.91 Å². The van der Waals surface area contributed by atoms with Crippen molar-refractivity contribution in [2.24, 2.45) is 4.99 Å². The summed E-state index contributed by atoms with van der Waals surface area (Å²) >= 11 is 1.40. The number of amides is 1. The van der Waals surface area contributed by atoms with Gasteiger partial charge >= 0.3 is 0 Å². The van der Waals surface area contributed by atoms with Gasteiger partial charge in [0.2, 0.25) is 0 Å². The Kier molecular flexibility index (Phi) is 7.80. The lowest BCUT2D eigenvalue weighted by Crippen LogP contribution is -2.36. The van der Waals surface area contributed by atoms with Crippen molar-refractivity contribution < 1.29 is 14.3 Å². The molecule has 1 atom stereocenters. The second kappa shape index (κ2) is 10.5. The van der Waals surface area contributed by atoms with Crippen molar-refractivity contribution in [3.8, 4) is 11.5 Å². The van der Waals surface area contributed by atoms with Crippen molar-refractivity contribution in [3.63, 3.8) is 0 Å². The first kappa shape index (κ1) is 22.9. The average Bonchev–Trinajstić information content (AvgIpc) is 3.08. The van der Waals surface area contributed by atoms with Crippen molar-refractivity contribution in [1.29, 1.82) is 0 Å². The van der Waals surface area contributed by atoms with Crippen LogP contribution in [0.1, 0.15) is 44.7 Å². The van der Waals surface area contributed by atoms with Gasteiger partial charge in [-0.15, -0.1) is 0 Å². The van der Waals surface area contributed by atoms with E-state index in [2.05, 4.69) is 13.8 Å². The van der Waals surface area contributed by atoms with Crippen molar-refractivity contribution >= 4 is 34.6 Å². The molecule has 2 aromatic rings. The summed E-state index contributed by atoms with van der Waals surface area (Å²) in [6.45, 7) is 8.81. The highest BCUT2D eigenvalue weighted by Gasteiger charge is 2.36. The lowest BCUT2D eigenvalue weighted by Gasteiger charge is -2.22. The Balaban J connectivity index is 2.01. The largest absolute Gasteiger partial charge is 0.493 e. The number of nitrogens with zero attached hydrogens (tertiary/aromatic N) is 2. The zero-order chi connectivity index (χ0) is 22.4. The van der Waals surface area contributed by atoms with Gasteiger partial charge in [0, 0.05) is 11.6 Å². The van der Waals surface area contributed by atoms with Crippen LogP contribution >= 0.6 is 11.8 Å². The van der Waals surface area contributed by atoms with E-state index in [0.717, 1.165) is 24.1 Å². The fourth-order valence-corrected chi connectivity index (χ4v) is 4.25. The Bertz CT molecular complexity index is 983. The summed E-state index contributed by atoms with van der Waals surface area (Å²) in [7, 11) is 1.62. The Morgan fingerprint density at radius 1 is 1.16 bits per heavy atom. The molecule has 0 saturated carbocycles. The number of methoxy groups -OCH3 is 1. The highest BCUT2D eigenvalue weighted by Crippen LogP contribution is 2.39. The molecule has 0 bridgehead atoms.